The van der Waals surface area contributed by atoms with E-state index >= 15 is 0 Å². The molecule has 0 spiro atoms. The van der Waals surface area contributed by atoms with Crippen LogP contribution in [0, 0.1) is 12.7 Å². The van der Waals surface area contributed by atoms with Crippen LogP contribution in [-0.4, -0.2) is 26.8 Å². The lowest BCUT2D eigenvalue weighted by Crippen LogP contribution is -2.25. The topological polar surface area (TPSA) is 90.2 Å². The first-order valence-electron chi connectivity index (χ1n) is 10.8. The van der Waals surface area contributed by atoms with E-state index < -0.39 is 17.3 Å². The van der Waals surface area contributed by atoms with Crippen molar-refractivity contribution in [2.24, 2.45) is 7.05 Å². The minimum Gasteiger partial charge on any atom is -0.454 e. The summed E-state index contributed by atoms with van der Waals surface area (Å²) < 4.78 is 23.6. The van der Waals surface area contributed by atoms with Gasteiger partial charge in [0.1, 0.15) is 17.1 Å². The molecule has 0 atom stereocenters. The fraction of sp³-hybridized carbons (Fsp3) is 0.160. The third-order valence-corrected chi connectivity index (χ3v) is 5.87. The normalized spacial score (nSPS) is 12.2. The van der Waals surface area contributed by atoms with Gasteiger partial charge in [-0.3, -0.25) is 14.3 Å². The van der Waals surface area contributed by atoms with Gasteiger partial charge in [0.25, 0.3) is 11.5 Å². The van der Waals surface area contributed by atoms with Crippen molar-refractivity contribution in [3.05, 3.63) is 93.8 Å². The largest absolute Gasteiger partial charge is 0.454 e. The number of pyridine rings is 1. The van der Waals surface area contributed by atoms with Crippen LogP contribution in [-0.2, 0) is 13.5 Å². The Kier molecular flexibility index (Phi) is 5.37. The van der Waals surface area contributed by atoms with Crippen LogP contribution < -0.4 is 20.9 Å². The van der Waals surface area contributed by atoms with Gasteiger partial charge in [-0.25, -0.2) is 14.1 Å². The molecular formula is C25H22FN5O3. The summed E-state index contributed by atoms with van der Waals surface area (Å²) in [4.78, 5) is 30.2. The Balaban J connectivity index is 1.39. The van der Waals surface area contributed by atoms with Crippen molar-refractivity contribution in [1.82, 2.24) is 14.3 Å². The van der Waals surface area contributed by atoms with E-state index in [4.69, 9.17) is 4.74 Å². The van der Waals surface area contributed by atoms with Crippen molar-refractivity contribution in [2.75, 3.05) is 17.2 Å². The first-order chi connectivity index (χ1) is 16.4. The zero-order chi connectivity index (χ0) is 23.8. The maximum Gasteiger partial charge on any atom is 0.284 e. The molecule has 0 bridgehead atoms. The molecule has 0 fully saturated rings. The first kappa shape index (κ1) is 21.4. The maximum absolute atomic E-state index is 14.8. The number of carbonyl (C=O) groups excluding carboxylic acids is 1. The van der Waals surface area contributed by atoms with Gasteiger partial charge in [0.15, 0.2) is 11.6 Å². The summed E-state index contributed by atoms with van der Waals surface area (Å²) in [5.74, 6) is 0.0496. The van der Waals surface area contributed by atoms with Crippen molar-refractivity contribution in [3.63, 3.8) is 0 Å². The molecule has 0 unspecified atom stereocenters. The average molecular weight is 459 g/mol. The minimum atomic E-state index is -0.638. The van der Waals surface area contributed by atoms with Crippen LogP contribution in [0.3, 0.4) is 0 Å². The van der Waals surface area contributed by atoms with E-state index in [0.717, 1.165) is 24.3 Å². The number of amides is 1. The number of hydrogen-bond acceptors (Lipinski definition) is 5. The number of fused-ring (bicyclic) bond motifs is 1. The molecule has 8 nitrogen and oxygen atoms in total. The molecule has 3 heterocycles. The van der Waals surface area contributed by atoms with Crippen LogP contribution in [0.5, 0.6) is 11.5 Å². The molecule has 0 aliphatic carbocycles. The third-order valence-electron chi connectivity index (χ3n) is 5.87. The lowest BCUT2D eigenvalue weighted by atomic mass is 10.2. The van der Waals surface area contributed by atoms with Crippen molar-refractivity contribution < 1.29 is 13.9 Å². The smallest absolute Gasteiger partial charge is 0.284 e. The molecule has 0 saturated carbocycles. The number of aromatic nitrogens is 3. The Morgan fingerprint density at radius 1 is 1.15 bits per heavy atom. The predicted octanol–water partition coefficient (Wildman–Crippen LogP) is 4.03. The highest BCUT2D eigenvalue weighted by molar-refractivity contribution is 6.05. The van der Waals surface area contributed by atoms with Crippen LogP contribution in [0.2, 0.25) is 0 Å². The average Bonchev–Trinajstić information content (AvgIpc) is 3.39. The third kappa shape index (κ3) is 3.71. The Morgan fingerprint density at radius 3 is 2.71 bits per heavy atom. The fourth-order valence-corrected chi connectivity index (χ4v) is 4.07. The molecule has 2 aromatic heterocycles. The highest BCUT2D eigenvalue weighted by Crippen LogP contribution is 2.34. The van der Waals surface area contributed by atoms with E-state index in [1.165, 1.54) is 22.9 Å². The van der Waals surface area contributed by atoms with Gasteiger partial charge in [-0.05, 0) is 43.7 Å². The van der Waals surface area contributed by atoms with E-state index in [1.807, 2.05) is 18.2 Å². The summed E-state index contributed by atoms with van der Waals surface area (Å²) in [5, 5.41) is 5.78. The van der Waals surface area contributed by atoms with Crippen LogP contribution in [0.4, 0.5) is 15.9 Å². The number of anilines is 2. The number of nitrogens with one attached hydrogen (secondary N) is 2. The van der Waals surface area contributed by atoms with Crippen molar-refractivity contribution >= 4 is 17.4 Å². The van der Waals surface area contributed by atoms with Gasteiger partial charge in [-0.1, -0.05) is 18.2 Å². The van der Waals surface area contributed by atoms with Gasteiger partial charge in [-0.2, -0.15) is 0 Å². The zero-order valence-corrected chi connectivity index (χ0v) is 18.6. The zero-order valence-electron chi connectivity index (χ0n) is 18.6. The molecule has 2 N–H and O–H groups in total. The van der Waals surface area contributed by atoms with Crippen LogP contribution in [0.25, 0.3) is 5.69 Å². The summed E-state index contributed by atoms with van der Waals surface area (Å²) in [6.45, 7) is 2.44. The lowest BCUT2D eigenvalue weighted by Gasteiger charge is -2.11. The van der Waals surface area contributed by atoms with Gasteiger partial charge in [0.05, 0.1) is 11.4 Å². The monoisotopic (exact) mass is 459 g/mol. The molecule has 1 amide bonds. The van der Waals surface area contributed by atoms with Crippen molar-refractivity contribution in [3.8, 4) is 17.2 Å². The number of ether oxygens (including phenoxy) is 1. The van der Waals surface area contributed by atoms with Gasteiger partial charge in [-0.15, -0.1) is 0 Å². The minimum absolute atomic E-state index is 0.00747. The van der Waals surface area contributed by atoms with E-state index in [-0.39, 0.29) is 17.0 Å². The van der Waals surface area contributed by atoms with Gasteiger partial charge < -0.3 is 15.4 Å². The van der Waals surface area contributed by atoms with E-state index in [2.05, 4.69) is 15.6 Å². The SMILES string of the molecule is Cc1c(C(=O)Nc2ccc(Oc3ccnc4c3CCN4)c(F)c2)c(=O)n(-c2ccccc2)n1C. The summed E-state index contributed by atoms with van der Waals surface area (Å²) in [5.41, 5.74) is 1.78. The standard InChI is InChI=1S/C25H22FN5O3/c1-15-22(25(33)31(30(15)2)17-6-4-3-5-7-17)24(32)29-16-8-9-21(19(26)14-16)34-20-11-13-28-23-18(20)10-12-27-23/h3-9,11,13-14H,10,12H2,1-2H3,(H,27,28)(H,29,32). The second-order valence-electron chi connectivity index (χ2n) is 7.95. The number of rotatable bonds is 5. The number of nitrogens with zero attached hydrogens (tertiary/aromatic N) is 3. The Bertz CT molecular complexity index is 1460. The molecule has 172 valence electrons. The lowest BCUT2D eigenvalue weighted by molar-refractivity contribution is 0.102. The molecule has 2 aromatic carbocycles. The maximum atomic E-state index is 14.8. The molecule has 5 rings (SSSR count). The predicted molar refractivity (Wildman–Crippen MR) is 127 cm³/mol. The van der Waals surface area contributed by atoms with Crippen LogP contribution in [0.15, 0.2) is 65.6 Å². The molecule has 1 aliphatic rings. The molecule has 0 saturated heterocycles. The van der Waals surface area contributed by atoms with Crippen LogP contribution >= 0.6 is 0 Å². The molecule has 34 heavy (non-hydrogen) atoms. The van der Waals surface area contributed by atoms with E-state index in [0.29, 0.717) is 17.1 Å². The van der Waals surface area contributed by atoms with E-state index in [1.54, 1.807) is 43.0 Å². The highest BCUT2D eigenvalue weighted by Gasteiger charge is 2.23. The quantitative estimate of drug-likeness (QED) is 0.470. The Labute approximate surface area is 194 Å². The molecule has 1 aliphatic heterocycles. The van der Waals surface area contributed by atoms with Gasteiger partial charge >= 0.3 is 0 Å². The second-order valence-corrected chi connectivity index (χ2v) is 7.95. The summed E-state index contributed by atoms with van der Waals surface area (Å²) in [6, 6.07) is 14.9. The number of halogens is 1. The number of hydrogen-bond donors (Lipinski definition) is 2. The number of para-hydroxylation sites is 1. The number of benzene rings is 2. The summed E-state index contributed by atoms with van der Waals surface area (Å²) in [6.07, 6.45) is 2.34. The van der Waals surface area contributed by atoms with Crippen molar-refractivity contribution in [1.29, 1.82) is 0 Å². The van der Waals surface area contributed by atoms with Gasteiger partial charge in [0.2, 0.25) is 0 Å². The molecule has 4 aromatic rings. The fourth-order valence-electron chi connectivity index (χ4n) is 4.07. The van der Waals surface area contributed by atoms with E-state index in [9.17, 15) is 14.0 Å². The summed E-state index contributed by atoms with van der Waals surface area (Å²) in [7, 11) is 1.71. The van der Waals surface area contributed by atoms with Crippen LogP contribution in [0.1, 0.15) is 21.6 Å². The molecule has 0 radical (unpaired) electrons. The van der Waals surface area contributed by atoms with Crippen molar-refractivity contribution in [2.45, 2.75) is 13.3 Å². The first-order valence-corrected chi connectivity index (χ1v) is 10.8. The number of carbonyl (C=O) groups is 1. The Morgan fingerprint density at radius 2 is 1.94 bits per heavy atom. The van der Waals surface area contributed by atoms with Gasteiger partial charge in [0, 0.05) is 37.1 Å². The second kappa shape index (κ2) is 8.51. The molecule has 9 heteroatoms. The Hall–Kier alpha value is -4.40. The summed E-state index contributed by atoms with van der Waals surface area (Å²) >= 11 is 0. The molecular weight excluding hydrogens is 437 g/mol. The highest BCUT2D eigenvalue weighted by atomic mass is 19.1.